The maximum atomic E-state index is 13.3. The highest BCUT2D eigenvalue weighted by molar-refractivity contribution is 5.56. The van der Waals surface area contributed by atoms with Gasteiger partial charge in [0.15, 0.2) is 0 Å². The van der Waals surface area contributed by atoms with E-state index in [2.05, 4.69) is 23.7 Å². The predicted octanol–water partition coefficient (Wildman–Crippen LogP) is 3.37. The van der Waals surface area contributed by atoms with Crippen molar-refractivity contribution in [3.8, 4) is 23.7 Å². The third-order valence-electron chi connectivity index (χ3n) is 2.50. The summed E-state index contributed by atoms with van der Waals surface area (Å²) >= 11 is 0. The van der Waals surface area contributed by atoms with Crippen LogP contribution in [0.5, 0.6) is 0 Å². The van der Waals surface area contributed by atoms with Crippen LogP contribution in [0.1, 0.15) is 11.1 Å². The molecule has 2 heteroatoms. The Kier molecular flexibility index (Phi) is 4.60. The average molecular weight is 261 g/mol. The fourth-order valence-corrected chi connectivity index (χ4v) is 1.50. The van der Waals surface area contributed by atoms with Crippen molar-refractivity contribution >= 4 is 5.69 Å². The van der Waals surface area contributed by atoms with E-state index in [1.807, 2.05) is 18.2 Å². The summed E-state index contributed by atoms with van der Waals surface area (Å²) in [7, 11) is 0. The Morgan fingerprint density at radius 1 is 0.800 bits per heavy atom. The van der Waals surface area contributed by atoms with Crippen LogP contribution in [0.25, 0.3) is 0 Å². The highest BCUT2D eigenvalue weighted by atomic mass is 19.1. The number of nitrogen functional groups attached to an aromatic ring is 1. The normalized spacial score (nSPS) is 9.45. The van der Waals surface area contributed by atoms with Gasteiger partial charge in [-0.15, -0.1) is 0 Å². The van der Waals surface area contributed by atoms with Gasteiger partial charge in [0.1, 0.15) is 5.82 Å². The first-order chi connectivity index (χ1) is 9.77. The van der Waals surface area contributed by atoms with Crippen LogP contribution in [0.4, 0.5) is 10.1 Å². The van der Waals surface area contributed by atoms with Crippen LogP contribution < -0.4 is 5.73 Å². The summed E-state index contributed by atoms with van der Waals surface area (Å²) in [4.78, 5) is 0. The number of rotatable bonds is 0. The van der Waals surface area contributed by atoms with Gasteiger partial charge in [-0.2, -0.15) is 0 Å². The molecule has 0 aliphatic carbocycles. The largest absolute Gasteiger partial charge is 0.398 e. The lowest BCUT2D eigenvalue weighted by Gasteiger charge is -1.93. The van der Waals surface area contributed by atoms with Crippen LogP contribution in [-0.4, -0.2) is 0 Å². The van der Waals surface area contributed by atoms with E-state index in [4.69, 9.17) is 5.73 Å². The second-order valence-corrected chi connectivity index (χ2v) is 3.94. The Hall–Kier alpha value is -2.97. The number of benzene rings is 2. The molecule has 2 rings (SSSR count). The maximum Gasteiger partial charge on any atom is 0.138 e. The Balaban J connectivity index is 2.03. The zero-order chi connectivity index (χ0) is 14.2. The number of nitrogens with two attached hydrogens (primary N) is 1. The molecule has 0 aliphatic rings. The second-order valence-electron chi connectivity index (χ2n) is 3.94. The van der Waals surface area contributed by atoms with E-state index in [0.717, 1.165) is 5.56 Å². The zero-order valence-electron chi connectivity index (χ0n) is 10.7. The van der Waals surface area contributed by atoms with Gasteiger partial charge in [0.25, 0.3) is 0 Å². The summed E-state index contributed by atoms with van der Waals surface area (Å²) in [6.07, 6.45) is 3.19. The van der Waals surface area contributed by atoms with Crippen molar-refractivity contribution in [2.75, 3.05) is 5.73 Å². The molecule has 0 saturated heterocycles. The summed E-state index contributed by atoms with van der Waals surface area (Å²) < 4.78 is 13.3. The van der Waals surface area contributed by atoms with E-state index in [1.165, 1.54) is 6.07 Å². The van der Waals surface area contributed by atoms with Gasteiger partial charge in [-0.25, -0.2) is 4.39 Å². The summed E-state index contributed by atoms with van der Waals surface area (Å²) in [5.41, 5.74) is 7.55. The Bertz CT molecular complexity index is 686. The number of para-hydroxylation sites is 1. The maximum absolute atomic E-state index is 13.3. The van der Waals surface area contributed by atoms with Crippen LogP contribution in [0, 0.1) is 29.5 Å². The molecule has 2 N–H and O–H groups in total. The predicted molar refractivity (Wildman–Crippen MR) is 80.2 cm³/mol. The zero-order valence-corrected chi connectivity index (χ0v) is 10.7. The summed E-state index contributed by atoms with van der Waals surface area (Å²) in [5, 5.41) is 0. The van der Waals surface area contributed by atoms with Gasteiger partial charge in [-0.05, 0) is 36.4 Å². The lowest BCUT2D eigenvalue weighted by molar-refractivity contribution is 0.624. The molecule has 96 valence electrons. The molecular formula is C18H12FN. The van der Waals surface area contributed by atoms with Gasteiger partial charge in [-0.1, -0.05) is 47.9 Å². The molecule has 0 atom stereocenters. The molecule has 0 aliphatic heterocycles. The summed E-state index contributed by atoms with van der Waals surface area (Å²) in [5.74, 6) is 10.9. The third kappa shape index (κ3) is 3.77. The van der Waals surface area contributed by atoms with Crippen LogP contribution in [-0.2, 0) is 0 Å². The van der Waals surface area contributed by atoms with Crippen molar-refractivity contribution < 1.29 is 4.39 Å². The van der Waals surface area contributed by atoms with Crippen molar-refractivity contribution in [3.05, 3.63) is 77.6 Å². The van der Waals surface area contributed by atoms with Gasteiger partial charge in [0.2, 0.25) is 0 Å². The molecule has 0 aromatic heterocycles. The second kappa shape index (κ2) is 6.83. The quantitative estimate of drug-likeness (QED) is 0.571. The lowest BCUT2D eigenvalue weighted by atomic mass is 10.2. The van der Waals surface area contributed by atoms with E-state index in [1.54, 1.807) is 36.4 Å². The van der Waals surface area contributed by atoms with Crippen LogP contribution in [0.3, 0.4) is 0 Å². The Morgan fingerprint density at radius 3 is 2.00 bits per heavy atom. The van der Waals surface area contributed by atoms with Crippen LogP contribution in [0.15, 0.2) is 60.7 Å². The van der Waals surface area contributed by atoms with E-state index in [-0.39, 0.29) is 5.82 Å². The minimum atomic E-state index is -0.323. The average Bonchev–Trinajstić information content (AvgIpc) is 2.46. The Morgan fingerprint density at radius 2 is 1.35 bits per heavy atom. The number of halogens is 1. The number of hydrogen-bond donors (Lipinski definition) is 1. The smallest absolute Gasteiger partial charge is 0.138 e. The molecule has 2 aromatic rings. The van der Waals surface area contributed by atoms with Gasteiger partial charge in [-0.3, -0.25) is 0 Å². The van der Waals surface area contributed by atoms with E-state index in [0.29, 0.717) is 11.3 Å². The number of anilines is 1. The fourth-order valence-electron chi connectivity index (χ4n) is 1.50. The minimum Gasteiger partial charge on any atom is -0.398 e. The molecule has 1 nitrogen and oxygen atoms in total. The van der Waals surface area contributed by atoms with Crippen LogP contribution >= 0.6 is 0 Å². The molecule has 0 unspecified atom stereocenters. The standard InChI is InChI=1S/C18H12FN/c19-17-13-7-5-10-15(17)9-3-1-2-4-11-16-12-6-8-14-18(16)20/h1-2,5-8,10,12-14H,20H2/b2-1-. The summed E-state index contributed by atoms with van der Waals surface area (Å²) in [6.45, 7) is 0. The highest BCUT2D eigenvalue weighted by Gasteiger charge is 1.93. The van der Waals surface area contributed by atoms with Crippen molar-refractivity contribution in [2.24, 2.45) is 0 Å². The molecule has 2 aromatic carbocycles. The topological polar surface area (TPSA) is 26.0 Å². The van der Waals surface area contributed by atoms with E-state index >= 15 is 0 Å². The first-order valence-corrected chi connectivity index (χ1v) is 6.04. The lowest BCUT2D eigenvalue weighted by Crippen LogP contribution is -1.87. The highest BCUT2D eigenvalue weighted by Crippen LogP contribution is 2.07. The fraction of sp³-hybridized carbons (Fsp3) is 0. The van der Waals surface area contributed by atoms with Crippen molar-refractivity contribution in [1.82, 2.24) is 0 Å². The molecule has 0 fully saturated rings. The monoisotopic (exact) mass is 261 g/mol. The molecule has 20 heavy (non-hydrogen) atoms. The molecular weight excluding hydrogens is 249 g/mol. The van der Waals surface area contributed by atoms with Gasteiger partial charge in [0.05, 0.1) is 5.56 Å². The van der Waals surface area contributed by atoms with Crippen molar-refractivity contribution in [3.63, 3.8) is 0 Å². The van der Waals surface area contributed by atoms with E-state index in [9.17, 15) is 4.39 Å². The number of hydrogen-bond acceptors (Lipinski definition) is 1. The molecule has 0 bridgehead atoms. The van der Waals surface area contributed by atoms with Crippen molar-refractivity contribution in [1.29, 1.82) is 0 Å². The first kappa shape index (κ1) is 13.5. The SMILES string of the molecule is Nc1ccccc1C#C/C=C\C#Cc1ccccc1F. The number of allylic oxidation sites excluding steroid dienone is 2. The van der Waals surface area contributed by atoms with Crippen LogP contribution in [0.2, 0.25) is 0 Å². The Labute approximate surface area is 117 Å². The van der Waals surface area contributed by atoms with Crippen molar-refractivity contribution in [2.45, 2.75) is 0 Å². The van der Waals surface area contributed by atoms with E-state index < -0.39 is 0 Å². The van der Waals surface area contributed by atoms with Gasteiger partial charge in [0, 0.05) is 11.3 Å². The summed E-state index contributed by atoms with van der Waals surface area (Å²) in [6, 6.07) is 13.8. The molecule has 0 heterocycles. The minimum absolute atomic E-state index is 0.323. The molecule has 0 saturated carbocycles. The third-order valence-corrected chi connectivity index (χ3v) is 2.50. The molecule has 0 radical (unpaired) electrons. The van der Waals surface area contributed by atoms with Gasteiger partial charge < -0.3 is 5.73 Å². The first-order valence-electron chi connectivity index (χ1n) is 6.04. The molecule has 0 amide bonds. The van der Waals surface area contributed by atoms with Gasteiger partial charge >= 0.3 is 0 Å². The molecule has 0 spiro atoms.